The van der Waals surface area contributed by atoms with Crippen molar-refractivity contribution in [2.75, 3.05) is 19.7 Å². The monoisotopic (exact) mass is 750 g/mol. The van der Waals surface area contributed by atoms with Gasteiger partial charge in [-0.3, -0.25) is 9.88 Å². The fourth-order valence-electron chi connectivity index (χ4n) is 7.40. The van der Waals surface area contributed by atoms with E-state index in [0.29, 0.717) is 47.2 Å². The molecule has 0 radical (unpaired) electrons. The van der Waals surface area contributed by atoms with Crippen LogP contribution in [0.5, 0.6) is 11.5 Å². The molecule has 0 aliphatic carbocycles. The van der Waals surface area contributed by atoms with Gasteiger partial charge in [0.25, 0.3) is 5.79 Å². The van der Waals surface area contributed by atoms with Crippen molar-refractivity contribution < 1.29 is 53.7 Å². The predicted octanol–water partition coefficient (Wildman–Crippen LogP) is 2.95. The molecule has 0 amide bonds. The first-order valence-corrected chi connectivity index (χ1v) is 17.9. The Morgan fingerprint density at radius 3 is 2.51 bits per heavy atom. The Labute approximate surface area is 308 Å². The Bertz CT molecular complexity index is 2020. The Kier molecular flexibility index (Phi) is 9.51. The van der Waals surface area contributed by atoms with Crippen LogP contribution < -0.4 is 9.47 Å². The number of hydrogen-bond acceptors (Lipinski definition) is 13. The number of carboxylic acids is 1. The van der Waals surface area contributed by atoms with E-state index in [-0.39, 0.29) is 17.6 Å². The quantitative estimate of drug-likeness (QED) is 0.182. The molecular formula is C37H39ClN4O11. The lowest BCUT2D eigenvalue weighted by molar-refractivity contribution is -0.278. The summed E-state index contributed by atoms with van der Waals surface area (Å²) in [7, 11) is 0. The standard InChI is InChI=1S/C37H39ClN4O11/c1-37(27-8-6-21(38)16-39-27)52-26-4-2-3-23(32(26)53-37)19-9-12-41(13-10-19)18-28-40-24-7-5-20(15-25(24)42(28)17-22-11-14-49-22)35(48)51-36-31(45)29(43)30(44)33(50-36)34(46)47/h2-8,15-16,19,22,29-31,33,36,43-45H,9-14,17-18H2,1H3,(H,46,47)/t22-,29-,30-,31+,33-,36-,37-/m0/s1. The highest BCUT2D eigenvalue weighted by Gasteiger charge is 2.49. The lowest BCUT2D eigenvalue weighted by Gasteiger charge is -2.37. The number of benzene rings is 2. The second-order valence-electron chi connectivity index (χ2n) is 14.0. The van der Waals surface area contributed by atoms with E-state index in [9.17, 15) is 30.0 Å². The fraction of sp³-hybridized carbons (Fsp3) is 0.459. The summed E-state index contributed by atoms with van der Waals surface area (Å²) in [5.74, 6) is -1.06. The number of ether oxygens (including phenoxy) is 5. The zero-order chi connectivity index (χ0) is 37.0. The molecule has 3 saturated heterocycles. The molecule has 280 valence electrons. The molecule has 16 heteroatoms. The van der Waals surface area contributed by atoms with Gasteiger partial charge >= 0.3 is 11.9 Å². The van der Waals surface area contributed by atoms with Gasteiger partial charge in [-0.2, -0.15) is 0 Å². The van der Waals surface area contributed by atoms with Gasteiger partial charge in [-0.25, -0.2) is 14.6 Å². The van der Waals surface area contributed by atoms with Crippen molar-refractivity contribution in [2.45, 2.75) is 87.8 Å². The van der Waals surface area contributed by atoms with E-state index in [0.717, 1.165) is 49.5 Å². The van der Waals surface area contributed by atoms with Crippen LogP contribution in [-0.2, 0) is 37.9 Å². The van der Waals surface area contributed by atoms with Crippen LogP contribution in [0.2, 0.25) is 5.02 Å². The smallest absolute Gasteiger partial charge is 0.340 e. The van der Waals surface area contributed by atoms with Gasteiger partial charge in [0.05, 0.1) is 40.8 Å². The molecule has 6 heterocycles. The van der Waals surface area contributed by atoms with Crippen LogP contribution in [-0.4, -0.2) is 108 Å². The molecular weight excluding hydrogens is 712 g/mol. The van der Waals surface area contributed by atoms with Crippen molar-refractivity contribution in [1.82, 2.24) is 19.4 Å². The molecule has 4 aliphatic rings. The Balaban J connectivity index is 0.969. The average Bonchev–Trinajstić information content (AvgIpc) is 3.66. The largest absolute Gasteiger partial charge is 0.479 e. The number of halogens is 1. The van der Waals surface area contributed by atoms with Crippen molar-refractivity contribution in [3.63, 3.8) is 0 Å². The van der Waals surface area contributed by atoms with E-state index < -0.39 is 48.4 Å². The first-order valence-electron chi connectivity index (χ1n) is 17.6. The van der Waals surface area contributed by atoms with Gasteiger partial charge in [-0.05, 0) is 74.7 Å². The van der Waals surface area contributed by atoms with E-state index in [1.165, 1.54) is 6.07 Å². The molecule has 4 N–H and O–H groups in total. The third-order valence-electron chi connectivity index (χ3n) is 10.5. The zero-order valence-electron chi connectivity index (χ0n) is 28.7. The second-order valence-corrected chi connectivity index (χ2v) is 14.4. The van der Waals surface area contributed by atoms with E-state index >= 15 is 0 Å². The summed E-state index contributed by atoms with van der Waals surface area (Å²) in [6.45, 7) is 5.25. The lowest BCUT2D eigenvalue weighted by atomic mass is 9.88. The number of fused-ring (bicyclic) bond motifs is 2. The predicted molar refractivity (Wildman–Crippen MR) is 185 cm³/mol. The number of carbonyl (C=O) groups excluding carboxylic acids is 1. The number of aliphatic hydroxyl groups excluding tert-OH is 3. The Morgan fingerprint density at radius 2 is 1.81 bits per heavy atom. The minimum absolute atomic E-state index is 0.00435. The van der Waals surface area contributed by atoms with Crippen LogP contribution in [0.3, 0.4) is 0 Å². The van der Waals surface area contributed by atoms with Gasteiger partial charge in [0.1, 0.15) is 29.8 Å². The van der Waals surface area contributed by atoms with Crippen molar-refractivity contribution in [2.24, 2.45) is 0 Å². The molecule has 15 nitrogen and oxygen atoms in total. The summed E-state index contributed by atoms with van der Waals surface area (Å²) in [4.78, 5) is 36.5. The number of aliphatic hydroxyl groups is 3. The summed E-state index contributed by atoms with van der Waals surface area (Å²) in [5.41, 5.74) is 3.18. The highest BCUT2D eigenvalue weighted by atomic mass is 35.5. The maximum atomic E-state index is 13.2. The number of carbonyl (C=O) groups is 2. The van der Waals surface area contributed by atoms with E-state index in [1.807, 2.05) is 19.1 Å². The Morgan fingerprint density at radius 1 is 1.02 bits per heavy atom. The zero-order valence-corrected chi connectivity index (χ0v) is 29.5. The minimum atomic E-state index is -1.90. The first-order chi connectivity index (χ1) is 25.5. The molecule has 2 aromatic heterocycles. The summed E-state index contributed by atoms with van der Waals surface area (Å²) in [6.07, 6.45) is -5.13. The van der Waals surface area contributed by atoms with Crippen molar-refractivity contribution >= 4 is 34.6 Å². The lowest BCUT2D eigenvalue weighted by Crippen LogP contribution is -2.60. The number of imidazole rings is 1. The molecule has 4 aromatic rings. The second kappa shape index (κ2) is 14.1. The molecule has 3 fully saturated rings. The third kappa shape index (κ3) is 6.82. The van der Waals surface area contributed by atoms with Crippen molar-refractivity contribution in [3.8, 4) is 11.5 Å². The molecule has 53 heavy (non-hydrogen) atoms. The number of hydrogen-bond donors (Lipinski definition) is 4. The number of aromatic nitrogens is 3. The summed E-state index contributed by atoms with van der Waals surface area (Å²) < 4.78 is 31.0. The van der Waals surface area contributed by atoms with Gasteiger partial charge < -0.3 is 48.7 Å². The fourth-order valence-corrected chi connectivity index (χ4v) is 7.51. The molecule has 2 aromatic carbocycles. The molecule has 4 aliphatic heterocycles. The molecule has 0 spiro atoms. The van der Waals surface area contributed by atoms with Crippen molar-refractivity contribution in [3.05, 3.63) is 82.4 Å². The van der Waals surface area contributed by atoms with Crippen molar-refractivity contribution in [1.29, 1.82) is 0 Å². The van der Waals surface area contributed by atoms with Gasteiger partial charge in [-0.15, -0.1) is 0 Å². The normalized spacial score (nSPS) is 28.8. The van der Waals surface area contributed by atoms with Gasteiger partial charge in [0, 0.05) is 25.3 Å². The summed E-state index contributed by atoms with van der Waals surface area (Å²) >= 11 is 6.06. The SMILES string of the molecule is C[C@]1(c2ccc(Cl)cn2)Oc2cccc(C3CCN(Cc4nc5ccc(C(=O)O[C@@H]6O[C@H](C(=O)O)[C@@H](O)[C@H](O)[C@H]6O)cc5n4C[C@@H]4CCO4)CC3)c2O1. The van der Waals surface area contributed by atoms with Crippen LogP contribution in [0.15, 0.2) is 54.7 Å². The number of carboxylic acid groups (broad SMARTS) is 1. The average molecular weight is 751 g/mol. The number of nitrogens with zero attached hydrogens (tertiary/aromatic N) is 4. The van der Waals surface area contributed by atoms with Gasteiger partial charge in [0.2, 0.25) is 6.29 Å². The molecule has 7 atom stereocenters. The number of para-hydroxylation sites is 1. The van der Waals surface area contributed by atoms with Crippen LogP contribution >= 0.6 is 11.6 Å². The molecule has 0 saturated carbocycles. The number of pyridine rings is 1. The number of esters is 1. The highest BCUT2D eigenvalue weighted by Crippen LogP contribution is 2.49. The maximum absolute atomic E-state index is 13.2. The van der Waals surface area contributed by atoms with Crippen LogP contribution in [0, 0.1) is 0 Å². The van der Waals surface area contributed by atoms with E-state index in [4.69, 9.17) is 40.3 Å². The van der Waals surface area contributed by atoms with E-state index in [1.54, 1.807) is 30.5 Å². The number of aliphatic carboxylic acids is 1. The number of rotatable bonds is 9. The van der Waals surface area contributed by atoms with Crippen LogP contribution in [0.1, 0.15) is 59.5 Å². The summed E-state index contributed by atoms with van der Waals surface area (Å²) in [6, 6.07) is 14.4. The van der Waals surface area contributed by atoms with Crippen LogP contribution in [0.4, 0.5) is 0 Å². The number of likely N-dealkylation sites (tertiary alicyclic amines) is 1. The number of piperidine rings is 1. The molecule has 8 rings (SSSR count). The van der Waals surface area contributed by atoms with Gasteiger partial charge in [0.15, 0.2) is 17.6 Å². The molecule has 0 unspecified atom stereocenters. The summed E-state index contributed by atoms with van der Waals surface area (Å²) in [5, 5.41) is 40.4. The van der Waals surface area contributed by atoms with Gasteiger partial charge in [-0.1, -0.05) is 23.7 Å². The van der Waals surface area contributed by atoms with E-state index in [2.05, 4.69) is 20.5 Å². The highest BCUT2D eigenvalue weighted by molar-refractivity contribution is 6.30. The minimum Gasteiger partial charge on any atom is -0.479 e. The maximum Gasteiger partial charge on any atom is 0.340 e. The third-order valence-corrected chi connectivity index (χ3v) is 10.7. The topological polar surface area (TPSA) is 195 Å². The Hall–Kier alpha value is -4.35. The van der Waals surface area contributed by atoms with Crippen LogP contribution in [0.25, 0.3) is 11.0 Å². The first kappa shape index (κ1) is 35.7. The molecule has 0 bridgehead atoms.